The molecule has 0 aliphatic heterocycles. The third-order valence-electron chi connectivity index (χ3n) is 5.03. The molecule has 0 radical (unpaired) electrons. The number of benzene rings is 2. The van der Waals surface area contributed by atoms with Gasteiger partial charge in [-0.15, -0.1) is 0 Å². The van der Waals surface area contributed by atoms with Crippen LogP contribution in [0, 0.1) is 5.92 Å². The molecule has 0 bridgehead atoms. The normalized spacial score (nSPS) is 13.3. The Morgan fingerprint density at radius 3 is 2.11 bits per heavy atom. The zero-order valence-electron chi connectivity index (χ0n) is 17.2. The van der Waals surface area contributed by atoms with Gasteiger partial charge in [0.05, 0.1) is 7.11 Å². The average molecular weight is 370 g/mol. The van der Waals surface area contributed by atoms with Crippen LogP contribution in [0.25, 0.3) is 0 Å². The molecule has 0 heterocycles. The third kappa shape index (κ3) is 6.10. The molecule has 0 aliphatic rings. The molecular weight excluding hydrogens is 336 g/mol. The molecule has 2 aromatic carbocycles. The minimum absolute atomic E-state index is 0.0571. The molecule has 0 aliphatic carbocycles. The molecule has 1 amide bonds. The molecule has 4 nitrogen and oxygen atoms in total. The number of ether oxygens (including phenoxy) is 1. The highest BCUT2D eigenvalue weighted by atomic mass is 16.5. The molecule has 4 heteroatoms. The Balaban J connectivity index is 1.94. The number of nitrogens with one attached hydrogen (secondary N) is 1. The van der Waals surface area contributed by atoms with Gasteiger partial charge in [-0.2, -0.15) is 0 Å². The number of carbonyl (C=O) groups is 1. The minimum Gasteiger partial charge on any atom is -0.497 e. The van der Waals surface area contributed by atoms with Crippen LogP contribution < -0.4 is 15.4 Å². The Bertz CT molecular complexity index is 708. The summed E-state index contributed by atoms with van der Waals surface area (Å²) in [6.45, 7) is 9.07. The van der Waals surface area contributed by atoms with Crippen molar-refractivity contribution in [1.82, 2.24) is 5.32 Å². The van der Waals surface area contributed by atoms with Gasteiger partial charge < -0.3 is 15.4 Å². The van der Waals surface area contributed by atoms with Crippen molar-refractivity contribution in [1.29, 1.82) is 0 Å². The van der Waals surface area contributed by atoms with Crippen molar-refractivity contribution in [2.24, 2.45) is 5.92 Å². The molecule has 0 spiro atoms. The fourth-order valence-electron chi connectivity index (χ4n) is 3.19. The molecule has 0 aromatic heterocycles. The van der Waals surface area contributed by atoms with Gasteiger partial charge in [0.2, 0.25) is 0 Å². The van der Waals surface area contributed by atoms with Gasteiger partial charge in [-0.1, -0.05) is 57.2 Å². The maximum Gasteiger partial charge on any atom is 0.278 e. The molecule has 0 unspecified atom stereocenters. The number of hydrogen-bond donors (Lipinski definition) is 2. The summed E-state index contributed by atoms with van der Waals surface area (Å²) in [7, 11) is 1.65. The van der Waals surface area contributed by atoms with Crippen LogP contribution in [-0.4, -0.2) is 19.1 Å². The van der Waals surface area contributed by atoms with Crippen molar-refractivity contribution >= 4 is 5.91 Å². The molecule has 146 valence electrons. The number of aryl methyl sites for hydroxylation is 1. The van der Waals surface area contributed by atoms with Crippen LogP contribution >= 0.6 is 0 Å². The van der Waals surface area contributed by atoms with Crippen LogP contribution in [0.15, 0.2) is 48.5 Å². The van der Waals surface area contributed by atoms with E-state index in [1.54, 1.807) is 7.11 Å². The summed E-state index contributed by atoms with van der Waals surface area (Å²) < 4.78 is 5.16. The summed E-state index contributed by atoms with van der Waals surface area (Å²) in [6, 6.07) is 16.6. The summed E-state index contributed by atoms with van der Waals surface area (Å²) in [5.74, 6) is 1.32. The monoisotopic (exact) mass is 369 g/mol. The highest BCUT2D eigenvalue weighted by Crippen LogP contribution is 2.18. The second-order valence-electron chi connectivity index (χ2n) is 7.41. The first-order valence-electron chi connectivity index (χ1n) is 9.79. The van der Waals surface area contributed by atoms with Crippen molar-refractivity contribution in [3.63, 3.8) is 0 Å². The van der Waals surface area contributed by atoms with Crippen molar-refractivity contribution in [3.05, 3.63) is 65.2 Å². The standard InChI is InChI=1S/C23H32N2O2/c1-6-18-7-11-20(12-8-18)22(16(2)3)25-17(4)23(26)24-15-19-9-13-21(27-5)14-10-19/h7-14,16-17,22,25H,6,15H2,1-5H3,(H,24,26)/p+1/t17-,22-/m1/s1. The second-order valence-corrected chi connectivity index (χ2v) is 7.41. The van der Waals surface area contributed by atoms with Gasteiger partial charge in [0.15, 0.2) is 6.04 Å². The van der Waals surface area contributed by atoms with Gasteiger partial charge in [0.25, 0.3) is 5.91 Å². The summed E-state index contributed by atoms with van der Waals surface area (Å²) >= 11 is 0. The smallest absolute Gasteiger partial charge is 0.278 e. The summed E-state index contributed by atoms with van der Waals surface area (Å²) in [4.78, 5) is 12.6. The fraction of sp³-hybridized carbons (Fsp3) is 0.435. The SMILES string of the molecule is CCc1ccc([C@H]([NH2+][C@H](C)C(=O)NCc2ccc(OC)cc2)C(C)C)cc1. The van der Waals surface area contributed by atoms with E-state index in [2.05, 4.69) is 55.7 Å². The molecule has 2 aromatic rings. The van der Waals surface area contributed by atoms with E-state index in [0.717, 1.165) is 17.7 Å². The van der Waals surface area contributed by atoms with Gasteiger partial charge >= 0.3 is 0 Å². The quantitative estimate of drug-likeness (QED) is 0.713. The number of hydrogen-bond acceptors (Lipinski definition) is 2. The molecule has 0 fully saturated rings. The molecule has 27 heavy (non-hydrogen) atoms. The van der Waals surface area contributed by atoms with Gasteiger partial charge in [-0.05, 0) is 36.6 Å². The Hall–Kier alpha value is -2.33. The van der Waals surface area contributed by atoms with Crippen molar-refractivity contribution in [2.45, 2.75) is 52.7 Å². The van der Waals surface area contributed by atoms with E-state index in [1.165, 1.54) is 11.1 Å². The lowest BCUT2D eigenvalue weighted by Crippen LogP contribution is -2.93. The Morgan fingerprint density at radius 1 is 1.00 bits per heavy atom. The van der Waals surface area contributed by atoms with E-state index in [1.807, 2.05) is 31.2 Å². The molecule has 2 rings (SSSR count). The third-order valence-corrected chi connectivity index (χ3v) is 5.03. The van der Waals surface area contributed by atoms with E-state index in [-0.39, 0.29) is 18.0 Å². The Labute approximate surface area is 163 Å². The van der Waals surface area contributed by atoms with E-state index in [9.17, 15) is 4.79 Å². The van der Waals surface area contributed by atoms with Crippen LogP contribution in [0.3, 0.4) is 0 Å². The lowest BCUT2D eigenvalue weighted by molar-refractivity contribution is -0.719. The first-order valence-corrected chi connectivity index (χ1v) is 9.79. The predicted molar refractivity (Wildman–Crippen MR) is 110 cm³/mol. The molecule has 0 saturated heterocycles. The molecule has 2 atom stereocenters. The van der Waals surface area contributed by atoms with Crippen molar-refractivity contribution in [2.75, 3.05) is 7.11 Å². The first-order chi connectivity index (χ1) is 12.9. The van der Waals surface area contributed by atoms with Crippen LogP contribution in [0.4, 0.5) is 0 Å². The van der Waals surface area contributed by atoms with Gasteiger partial charge in [0, 0.05) is 18.0 Å². The largest absolute Gasteiger partial charge is 0.497 e. The summed E-state index contributed by atoms with van der Waals surface area (Å²) in [5.41, 5.74) is 3.68. The lowest BCUT2D eigenvalue weighted by atomic mass is 9.94. The lowest BCUT2D eigenvalue weighted by Gasteiger charge is -2.23. The fourth-order valence-corrected chi connectivity index (χ4v) is 3.19. The number of methoxy groups -OCH3 is 1. The number of carbonyl (C=O) groups excluding carboxylic acids is 1. The number of quaternary nitrogens is 1. The maximum atomic E-state index is 12.6. The number of rotatable bonds is 9. The van der Waals surface area contributed by atoms with Gasteiger partial charge in [-0.25, -0.2) is 0 Å². The predicted octanol–water partition coefficient (Wildman–Crippen LogP) is 3.22. The highest BCUT2D eigenvalue weighted by molar-refractivity contribution is 5.79. The molecule has 3 N–H and O–H groups in total. The molecule has 0 saturated carbocycles. The van der Waals surface area contributed by atoms with Crippen LogP contribution in [0.1, 0.15) is 50.4 Å². The zero-order chi connectivity index (χ0) is 19.8. The van der Waals surface area contributed by atoms with Gasteiger partial charge in [-0.3, -0.25) is 4.79 Å². The minimum atomic E-state index is -0.151. The highest BCUT2D eigenvalue weighted by Gasteiger charge is 2.25. The van der Waals surface area contributed by atoms with Crippen LogP contribution in [0.5, 0.6) is 5.75 Å². The number of amides is 1. The summed E-state index contributed by atoms with van der Waals surface area (Å²) in [6.07, 6.45) is 1.04. The number of nitrogens with two attached hydrogens (primary N) is 1. The Morgan fingerprint density at radius 2 is 1.59 bits per heavy atom. The van der Waals surface area contributed by atoms with Gasteiger partial charge in [0.1, 0.15) is 11.8 Å². The zero-order valence-corrected chi connectivity index (χ0v) is 17.2. The second kappa shape index (κ2) is 10.1. The van der Waals surface area contributed by atoms with Crippen LogP contribution in [0.2, 0.25) is 0 Å². The van der Waals surface area contributed by atoms with E-state index in [0.29, 0.717) is 12.5 Å². The van der Waals surface area contributed by atoms with E-state index in [4.69, 9.17) is 4.74 Å². The Kier molecular flexibility index (Phi) is 7.86. The van der Waals surface area contributed by atoms with E-state index >= 15 is 0 Å². The average Bonchev–Trinajstić information content (AvgIpc) is 2.70. The summed E-state index contributed by atoms with van der Waals surface area (Å²) in [5, 5.41) is 5.21. The van der Waals surface area contributed by atoms with Crippen molar-refractivity contribution < 1.29 is 14.8 Å². The van der Waals surface area contributed by atoms with Crippen molar-refractivity contribution in [3.8, 4) is 5.75 Å². The topological polar surface area (TPSA) is 54.9 Å². The first kappa shape index (κ1) is 21.0. The van der Waals surface area contributed by atoms with Crippen LogP contribution in [-0.2, 0) is 17.8 Å². The maximum absolute atomic E-state index is 12.6. The van der Waals surface area contributed by atoms with E-state index < -0.39 is 0 Å². The molecular formula is C23H33N2O2+.